The van der Waals surface area contributed by atoms with Gasteiger partial charge in [-0.05, 0) is 25.1 Å². The zero-order chi connectivity index (χ0) is 20.9. The number of anilines is 1. The van der Waals surface area contributed by atoms with Crippen LogP contribution in [0, 0.1) is 10.1 Å². The Morgan fingerprint density at radius 1 is 1.11 bits per heavy atom. The van der Waals surface area contributed by atoms with Crippen molar-refractivity contribution in [3.05, 3.63) is 52.6 Å². The molecule has 0 bridgehead atoms. The lowest BCUT2D eigenvalue weighted by Gasteiger charge is -2.15. The Morgan fingerprint density at radius 3 is 2.39 bits per heavy atom. The highest BCUT2D eigenvalue weighted by atomic mass is 32.2. The van der Waals surface area contributed by atoms with Gasteiger partial charge in [-0.25, -0.2) is 8.42 Å². The minimum atomic E-state index is -4.03. The Labute approximate surface area is 161 Å². The van der Waals surface area contributed by atoms with E-state index in [9.17, 15) is 23.3 Å². The third-order valence-corrected chi connectivity index (χ3v) is 5.25. The molecule has 10 nitrogen and oxygen atoms in total. The Hall–Kier alpha value is -3.18. The fourth-order valence-electron chi connectivity index (χ4n) is 2.29. The van der Waals surface area contributed by atoms with Crippen LogP contribution in [0.5, 0.6) is 11.5 Å². The molecular weight excluding hydrogens is 390 g/mol. The summed E-state index contributed by atoms with van der Waals surface area (Å²) in [6.07, 6.45) is 0. The first-order valence-corrected chi connectivity index (χ1v) is 9.46. The van der Waals surface area contributed by atoms with Crippen molar-refractivity contribution in [2.45, 2.75) is 17.9 Å². The van der Waals surface area contributed by atoms with Crippen LogP contribution in [0.4, 0.5) is 11.4 Å². The van der Waals surface area contributed by atoms with Gasteiger partial charge in [0.05, 0.1) is 30.1 Å². The maximum atomic E-state index is 12.5. The predicted octanol–water partition coefficient (Wildman–Crippen LogP) is 1.92. The minimum Gasteiger partial charge on any atom is -0.493 e. The number of sulfonamides is 1. The number of carbonyl (C=O) groups is 1. The molecule has 0 aliphatic rings. The van der Waals surface area contributed by atoms with Crippen LogP contribution in [0.3, 0.4) is 0 Å². The van der Waals surface area contributed by atoms with E-state index in [1.807, 2.05) is 0 Å². The molecule has 0 radical (unpaired) electrons. The highest BCUT2D eigenvalue weighted by molar-refractivity contribution is 7.89. The zero-order valence-corrected chi connectivity index (χ0v) is 16.1. The summed E-state index contributed by atoms with van der Waals surface area (Å²) in [5.41, 5.74) is -0.0206. The van der Waals surface area contributed by atoms with Gasteiger partial charge in [-0.1, -0.05) is 6.07 Å². The second-order valence-corrected chi connectivity index (χ2v) is 7.37. The number of ether oxygens (including phenoxy) is 2. The van der Waals surface area contributed by atoms with Gasteiger partial charge in [-0.2, -0.15) is 4.72 Å². The lowest BCUT2D eigenvalue weighted by molar-refractivity contribution is -0.384. The fraction of sp³-hybridized carbons (Fsp3) is 0.235. The van der Waals surface area contributed by atoms with Crippen LogP contribution < -0.4 is 19.5 Å². The Bertz CT molecular complexity index is 992. The number of carbonyl (C=O) groups excluding carboxylic acids is 1. The smallest absolute Gasteiger partial charge is 0.271 e. The summed E-state index contributed by atoms with van der Waals surface area (Å²) in [7, 11) is -1.24. The first-order chi connectivity index (χ1) is 13.2. The van der Waals surface area contributed by atoms with Crippen LogP contribution in [0.2, 0.25) is 0 Å². The number of benzene rings is 2. The summed E-state index contributed by atoms with van der Waals surface area (Å²) in [4.78, 5) is 22.4. The van der Waals surface area contributed by atoms with Crippen LogP contribution in [0.15, 0.2) is 47.4 Å². The second-order valence-electron chi connectivity index (χ2n) is 5.66. The highest BCUT2D eigenvalue weighted by Crippen LogP contribution is 2.29. The highest BCUT2D eigenvalue weighted by Gasteiger charge is 2.23. The molecule has 2 aromatic rings. The van der Waals surface area contributed by atoms with Crippen LogP contribution >= 0.6 is 0 Å². The maximum Gasteiger partial charge on any atom is 0.271 e. The van der Waals surface area contributed by atoms with E-state index in [1.54, 1.807) is 0 Å². The van der Waals surface area contributed by atoms with E-state index in [2.05, 4.69) is 10.0 Å². The molecule has 11 heteroatoms. The van der Waals surface area contributed by atoms with E-state index in [1.165, 1.54) is 63.6 Å². The maximum absolute atomic E-state index is 12.5. The lowest BCUT2D eigenvalue weighted by Crippen LogP contribution is -2.41. The number of rotatable bonds is 8. The van der Waals surface area contributed by atoms with E-state index < -0.39 is 26.9 Å². The van der Waals surface area contributed by atoms with E-state index in [0.29, 0.717) is 5.75 Å². The molecule has 2 aromatic carbocycles. The number of nitrogens with zero attached hydrogens (tertiary/aromatic N) is 1. The van der Waals surface area contributed by atoms with Crippen molar-refractivity contribution >= 4 is 27.3 Å². The average molecular weight is 409 g/mol. The van der Waals surface area contributed by atoms with Crippen LogP contribution in [0.1, 0.15) is 6.92 Å². The summed E-state index contributed by atoms with van der Waals surface area (Å²) in [5.74, 6) is -0.0958. The zero-order valence-electron chi connectivity index (χ0n) is 15.3. The molecular formula is C17H19N3O7S. The largest absolute Gasteiger partial charge is 0.493 e. The molecule has 0 heterocycles. The molecule has 0 fully saturated rings. The normalized spacial score (nSPS) is 12.1. The monoisotopic (exact) mass is 409 g/mol. The van der Waals surface area contributed by atoms with Crippen LogP contribution in [0.25, 0.3) is 0 Å². The number of methoxy groups -OCH3 is 2. The number of amides is 1. The summed E-state index contributed by atoms with van der Waals surface area (Å²) in [6.45, 7) is 1.35. The van der Waals surface area contributed by atoms with Crippen molar-refractivity contribution in [1.82, 2.24) is 4.72 Å². The van der Waals surface area contributed by atoms with E-state index in [4.69, 9.17) is 9.47 Å². The summed E-state index contributed by atoms with van der Waals surface area (Å²) < 4.78 is 37.5. The van der Waals surface area contributed by atoms with Gasteiger partial charge in [0.2, 0.25) is 15.9 Å². The molecule has 2 rings (SSSR count). The quantitative estimate of drug-likeness (QED) is 0.502. The topological polar surface area (TPSA) is 137 Å². The van der Waals surface area contributed by atoms with E-state index in [0.717, 1.165) is 0 Å². The summed E-state index contributed by atoms with van der Waals surface area (Å²) in [5, 5.41) is 13.2. The fourth-order valence-corrected chi connectivity index (χ4v) is 3.50. The number of nitro groups is 1. The molecule has 0 aliphatic carbocycles. The number of hydrogen-bond donors (Lipinski definition) is 2. The molecule has 0 aromatic heterocycles. The van der Waals surface area contributed by atoms with E-state index in [-0.39, 0.29) is 22.0 Å². The Morgan fingerprint density at radius 2 is 1.79 bits per heavy atom. The van der Waals surface area contributed by atoms with Crippen molar-refractivity contribution in [3.8, 4) is 11.5 Å². The Kier molecular flexibility index (Phi) is 6.54. The third-order valence-electron chi connectivity index (χ3n) is 3.72. The van der Waals surface area contributed by atoms with Gasteiger partial charge in [-0.15, -0.1) is 0 Å². The Balaban J connectivity index is 2.14. The first kappa shape index (κ1) is 21.1. The van der Waals surface area contributed by atoms with Gasteiger partial charge < -0.3 is 14.8 Å². The third kappa shape index (κ3) is 4.96. The van der Waals surface area contributed by atoms with Crippen molar-refractivity contribution in [1.29, 1.82) is 0 Å². The number of hydrogen-bond acceptors (Lipinski definition) is 7. The SMILES string of the molecule is COc1ccc(S(=O)(=O)NC(C)C(=O)Nc2cccc([N+](=O)[O-])c2)cc1OC. The molecule has 0 aliphatic heterocycles. The van der Waals surface area contributed by atoms with Crippen LogP contribution in [-0.4, -0.2) is 39.5 Å². The molecule has 1 atom stereocenters. The van der Waals surface area contributed by atoms with Gasteiger partial charge in [0, 0.05) is 23.9 Å². The predicted molar refractivity (Wildman–Crippen MR) is 101 cm³/mol. The standard InChI is InChI=1S/C17H19N3O7S/c1-11(17(21)18-12-5-4-6-13(9-12)20(22)23)19-28(24,25)14-7-8-15(26-2)16(10-14)27-3/h4-11,19H,1-3H3,(H,18,21). The number of nitro benzene ring substituents is 1. The van der Waals surface area contributed by atoms with Gasteiger partial charge in [0.1, 0.15) is 0 Å². The molecule has 1 unspecified atom stereocenters. The molecule has 1 amide bonds. The van der Waals surface area contributed by atoms with E-state index >= 15 is 0 Å². The molecule has 150 valence electrons. The van der Waals surface area contributed by atoms with Crippen molar-refractivity contribution in [3.63, 3.8) is 0 Å². The molecule has 28 heavy (non-hydrogen) atoms. The van der Waals surface area contributed by atoms with Crippen molar-refractivity contribution in [2.75, 3.05) is 19.5 Å². The van der Waals surface area contributed by atoms with Crippen molar-refractivity contribution in [2.24, 2.45) is 0 Å². The van der Waals surface area contributed by atoms with Gasteiger partial charge in [0.25, 0.3) is 5.69 Å². The molecule has 0 spiro atoms. The van der Waals surface area contributed by atoms with Crippen LogP contribution in [-0.2, 0) is 14.8 Å². The van der Waals surface area contributed by atoms with Gasteiger partial charge >= 0.3 is 0 Å². The molecule has 0 saturated heterocycles. The number of non-ortho nitro benzene ring substituents is 1. The first-order valence-electron chi connectivity index (χ1n) is 7.97. The van der Waals surface area contributed by atoms with Gasteiger partial charge in [0.15, 0.2) is 11.5 Å². The summed E-state index contributed by atoms with van der Waals surface area (Å²) >= 11 is 0. The lowest BCUT2D eigenvalue weighted by atomic mass is 10.2. The second kappa shape index (κ2) is 8.67. The van der Waals surface area contributed by atoms with Gasteiger partial charge in [-0.3, -0.25) is 14.9 Å². The summed E-state index contributed by atoms with van der Waals surface area (Å²) in [6, 6.07) is 8.19. The average Bonchev–Trinajstić information content (AvgIpc) is 2.67. The molecule has 2 N–H and O–H groups in total. The number of nitrogens with one attached hydrogen (secondary N) is 2. The minimum absolute atomic E-state index is 0.111. The van der Waals surface area contributed by atoms with Crippen molar-refractivity contribution < 1.29 is 27.6 Å². The molecule has 0 saturated carbocycles.